The number of aromatic nitrogens is 1. The molecule has 1 aromatic rings. The van der Waals surface area contributed by atoms with Crippen molar-refractivity contribution >= 4 is 21.8 Å². The minimum Gasteiger partial charge on any atom is -0.347 e. The number of nitrogens with zero attached hydrogens (tertiary/aromatic N) is 1. The summed E-state index contributed by atoms with van der Waals surface area (Å²) in [6.07, 6.45) is 3.16. The van der Waals surface area contributed by atoms with E-state index in [1.165, 1.54) is 0 Å². The highest BCUT2D eigenvalue weighted by atomic mass is 79.9. The smallest absolute Gasteiger partial charge is 0.251 e. The molecule has 0 aromatic carbocycles. The van der Waals surface area contributed by atoms with E-state index in [2.05, 4.69) is 32.8 Å². The molecule has 0 bridgehead atoms. The van der Waals surface area contributed by atoms with E-state index >= 15 is 0 Å². The second-order valence-corrected chi connectivity index (χ2v) is 3.56. The molecule has 1 rings (SSSR count). The molecule has 0 saturated heterocycles. The summed E-state index contributed by atoms with van der Waals surface area (Å²) in [5.74, 6) is -0.122. The van der Waals surface area contributed by atoms with Crippen molar-refractivity contribution < 1.29 is 4.79 Å². The van der Waals surface area contributed by atoms with Crippen LogP contribution in [0.1, 0.15) is 10.4 Å². The van der Waals surface area contributed by atoms with Crippen molar-refractivity contribution in [1.29, 1.82) is 0 Å². The Hall–Kier alpha value is -1.16. The van der Waals surface area contributed by atoms with E-state index in [1.807, 2.05) is 0 Å². The van der Waals surface area contributed by atoms with Gasteiger partial charge in [-0.15, -0.1) is 0 Å². The van der Waals surface area contributed by atoms with Crippen molar-refractivity contribution in [3.8, 4) is 0 Å². The summed E-state index contributed by atoms with van der Waals surface area (Å²) in [6.45, 7) is 4.04. The maximum Gasteiger partial charge on any atom is 0.251 e. The molecule has 3 nitrogen and oxygen atoms in total. The molecule has 4 heteroatoms. The van der Waals surface area contributed by atoms with Crippen LogP contribution in [0, 0.1) is 0 Å². The first-order valence-electron chi connectivity index (χ1n) is 3.71. The third kappa shape index (κ3) is 3.38. The molecule has 0 unspecified atom stereocenters. The van der Waals surface area contributed by atoms with E-state index in [0.717, 1.165) is 4.48 Å². The number of hydrogen-bond acceptors (Lipinski definition) is 2. The van der Waals surface area contributed by atoms with Gasteiger partial charge in [-0.2, -0.15) is 0 Å². The van der Waals surface area contributed by atoms with Gasteiger partial charge in [0, 0.05) is 29.0 Å². The van der Waals surface area contributed by atoms with Crippen LogP contribution in [0.3, 0.4) is 0 Å². The van der Waals surface area contributed by atoms with Crippen LogP contribution in [0.4, 0.5) is 0 Å². The van der Waals surface area contributed by atoms with E-state index in [1.54, 1.807) is 24.5 Å². The molecule has 0 fully saturated rings. The van der Waals surface area contributed by atoms with Crippen molar-refractivity contribution in [1.82, 2.24) is 10.3 Å². The van der Waals surface area contributed by atoms with Crippen LogP contribution in [0.15, 0.2) is 35.6 Å². The van der Waals surface area contributed by atoms with Crippen molar-refractivity contribution in [3.63, 3.8) is 0 Å². The summed E-state index contributed by atoms with van der Waals surface area (Å²) >= 11 is 3.15. The van der Waals surface area contributed by atoms with E-state index in [9.17, 15) is 4.79 Å². The molecule has 1 heterocycles. The second-order valence-electron chi connectivity index (χ2n) is 2.44. The standard InChI is InChI=1S/C9H9BrN2O/c1-7(10)6-12-9(13)8-2-4-11-5-3-8/h2-5H,1,6H2,(H,12,13). The van der Waals surface area contributed by atoms with Crippen LogP contribution in [-0.4, -0.2) is 17.4 Å². The maximum absolute atomic E-state index is 11.3. The minimum atomic E-state index is -0.122. The predicted octanol–water partition coefficient (Wildman–Crippen LogP) is 1.72. The molecule has 0 saturated carbocycles. The molecule has 0 radical (unpaired) electrons. The molecule has 0 spiro atoms. The highest BCUT2D eigenvalue weighted by Crippen LogP contribution is 1.99. The topological polar surface area (TPSA) is 42.0 Å². The van der Waals surface area contributed by atoms with Gasteiger partial charge in [0.15, 0.2) is 0 Å². The number of amides is 1. The van der Waals surface area contributed by atoms with Crippen molar-refractivity contribution in [2.24, 2.45) is 0 Å². The number of halogens is 1. The van der Waals surface area contributed by atoms with E-state index in [0.29, 0.717) is 12.1 Å². The predicted molar refractivity (Wildman–Crippen MR) is 54.6 cm³/mol. The normalized spacial score (nSPS) is 9.31. The number of carbonyl (C=O) groups is 1. The summed E-state index contributed by atoms with van der Waals surface area (Å²) < 4.78 is 0.745. The Balaban J connectivity index is 2.54. The lowest BCUT2D eigenvalue weighted by Crippen LogP contribution is -2.24. The van der Waals surface area contributed by atoms with Gasteiger partial charge < -0.3 is 5.32 Å². The van der Waals surface area contributed by atoms with Crippen LogP contribution in [-0.2, 0) is 0 Å². The largest absolute Gasteiger partial charge is 0.347 e. The minimum absolute atomic E-state index is 0.122. The highest BCUT2D eigenvalue weighted by Gasteiger charge is 2.02. The zero-order chi connectivity index (χ0) is 9.68. The molecule has 13 heavy (non-hydrogen) atoms. The van der Waals surface area contributed by atoms with Crippen LogP contribution < -0.4 is 5.32 Å². The fourth-order valence-corrected chi connectivity index (χ4v) is 0.922. The van der Waals surface area contributed by atoms with Crippen LogP contribution in [0.2, 0.25) is 0 Å². The molecule has 1 N–H and O–H groups in total. The number of pyridine rings is 1. The Bertz CT molecular complexity index is 311. The average Bonchev–Trinajstić information content (AvgIpc) is 2.15. The number of hydrogen-bond donors (Lipinski definition) is 1. The Morgan fingerprint density at radius 2 is 2.15 bits per heavy atom. The first-order chi connectivity index (χ1) is 6.20. The SMILES string of the molecule is C=C(Br)CNC(=O)c1ccncc1. The first-order valence-corrected chi connectivity index (χ1v) is 4.51. The van der Waals surface area contributed by atoms with Gasteiger partial charge in [0.1, 0.15) is 0 Å². The van der Waals surface area contributed by atoms with Crippen molar-refractivity contribution in [2.45, 2.75) is 0 Å². The molecule has 0 aliphatic heterocycles. The van der Waals surface area contributed by atoms with Gasteiger partial charge in [0.2, 0.25) is 0 Å². The Morgan fingerprint density at radius 3 is 2.69 bits per heavy atom. The molecule has 0 aliphatic carbocycles. The summed E-state index contributed by atoms with van der Waals surface area (Å²) in [5.41, 5.74) is 0.601. The fourth-order valence-electron chi connectivity index (χ4n) is 0.782. The summed E-state index contributed by atoms with van der Waals surface area (Å²) in [4.78, 5) is 15.2. The molecular weight excluding hydrogens is 232 g/mol. The zero-order valence-electron chi connectivity index (χ0n) is 6.96. The van der Waals surface area contributed by atoms with Crippen LogP contribution >= 0.6 is 15.9 Å². The van der Waals surface area contributed by atoms with Crippen LogP contribution in [0.5, 0.6) is 0 Å². The van der Waals surface area contributed by atoms with Crippen molar-refractivity contribution in [2.75, 3.05) is 6.54 Å². The fraction of sp³-hybridized carbons (Fsp3) is 0.111. The van der Waals surface area contributed by atoms with Gasteiger partial charge in [0.05, 0.1) is 0 Å². The summed E-state index contributed by atoms with van der Waals surface area (Å²) in [5, 5.41) is 2.69. The van der Waals surface area contributed by atoms with E-state index in [-0.39, 0.29) is 5.91 Å². The van der Waals surface area contributed by atoms with Gasteiger partial charge in [0.25, 0.3) is 5.91 Å². The highest BCUT2D eigenvalue weighted by molar-refractivity contribution is 9.11. The number of nitrogens with one attached hydrogen (secondary N) is 1. The monoisotopic (exact) mass is 240 g/mol. The molecule has 1 aromatic heterocycles. The number of rotatable bonds is 3. The average molecular weight is 241 g/mol. The lowest BCUT2D eigenvalue weighted by molar-refractivity contribution is 0.0957. The van der Waals surface area contributed by atoms with Crippen LogP contribution in [0.25, 0.3) is 0 Å². The Morgan fingerprint density at radius 1 is 1.54 bits per heavy atom. The van der Waals surface area contributed by atoms with Gasteiger partial charge in [-0.05, 0) is 12.1 Å². The van der Waals surface area contributed by atoms with Gasteiger partial charge >= 0.3 is 0 Å². The lowest BCUT2D eigenvalue weighted by Gasteiger charge is -2.02. The Labute approximate surface area is 85.0 Å². The third-order valence-corrected chi connectivity index (χ3v) is 1.66. The molecule has 1 amide bonds. The Kier molecular flexibility index (Phi) is 3.64. The van der Waals surface area contributed by atoms with E-state index in [4.69, 9.17) is 0 Å². The van der Waals surface area contributed by atoms with Gasteiger partial charge in [-0.25, -0.2) is 0 Å². The molecule has 68 valence electrons. The van der Waals surface area contributed by atoms with Gasteiger partial charge in [-0.3, -0.25) is 9.78 Å². The first kappa shape index (κ1) is 9.92. The quantitative estimate of drug-likeness (QED) is 0.875. The zero-order valence-corrected chi connectivity index (χ0v) is 8.54. The number of carbonyl (C=O) groups excluding carboxylic acids is 1. The van der Waals surface area contributed by atoms with Crippen molar-refractivity contribution in [3.05, 3.63) is 41.2 Å². The lowest BCUT2D eigenvalue weighted by atomic mass is 10.2. The maximum atomic E-state index is 11.3. The van der Waals surface area contributed by atoms with E-state index < -0.39 is 0 Å². The molecule has 0 aliphatic rings. The summed E-state index contributed by atoms with van der Waals surface area (Å²) in [7, 11) is 0. The summed E-state index contributed by atoms with van der Waals surface area (Å²) in [6, 6.07) is 3.32. The second kappa shape index (κ2) is 4.77. The molecular formula is C9H9BrN2O. The third-order valence-electron chi connectivity index (χ3n) is 1.38. The van der Waals surface area contributed by atoms with Gasteiger partial charge in [-0.1, -0.05) is 22.5 Å². The molecule has 0 atom stereocenters.